The monoisotopic (exact) mass is 841 g/mol. The first-order valence-corrected chi connectivity index (χ1v) is 21.1. The van der Waals surface area contributed by atoms with Gasteiger partial charge >= 0.3 is 0 Å². The molecule has 8 rings (SSSR count). The molecule has 0 aliphatic carbocycles. The molecule has 60 heavy (non-hydrogen) atoms. The molecule has 0 unspecified atom stereocenters. The van der Waals surface area contributed by atoms with Crippen LogP contribution in [-0.4, -0.2) is 109 Å². The van der Waals surface area contributed by atoms with Gasteiger partial charge in [0.2, 0.25) is 16.0 Å². The molecule has 3 aromatic carbocycles. The highest BCUT2D eigenvalue weighted by atomic mass is 32.2. The van der Waals surface area contributed by atoms with Crippen LogP contribution in [0.1, 0.15) is 23.2 Å². The van der Waals surface area contributed by atoms with Crippen molar-refractivity contribution < 1.29 is 35.9 Å². The van der Waals surface area contributed by atoms with E-state index in [9.17, 15) is 26.4 Å². The standard InChI is InChI=1S/C42H42F3N9O5S/c1-58-35-10-7-26(23-30(35)41(55)50-39-31(44)5-4-6-32(39)45)38-40(54-18-12-27(43)24-37(54)49-38)34-11-15-46-42(48-34)47-33-9-8-29(25-36(33)59-2)51-16-13-28(14-17-51)52-19-21-53(22-20-52)60(3,56)57/h4-12,15,18,23-25,28H,13-14,16-17,19-22H2,1-3H3,(H,50,55)(H,46,47,48). The highest BCUT2D eigenvalue weighted by molar-refractivity contribution is 7.88. The number of hydrogen-bond acceptors (Lipinski definition) is 11. The van der Waals surface area contributed by atoms with Crippen LogP contribution in [0.15, 0.2) is 85.2 Å². The minimum absolute atomic E-state index is 0.0261. The molecule has 0 atom stereocenters. The molecule has 5 heterocycles. The van der Waals surface area contributed by atoms with Gasteiger partial charge in [-0.1, -0.05) is 6.07 Å². The fraction of sp³-hybridized carbons (Fsp3) is 0.286. The summed E-state index contributed by atoms with van der Waals surface area (Å²) < 4.78 is 81.9. The number of ether oxygens (including phenoxy) is 2. The number of rotatable bonds is 11. The fourth-order valence-corrected chi connectivity index (χ4v) is 8.66. The van der Waals surface area contributed by atoms with Crippen molar-refractivity contribution in [3.8, 4) is 34.1 Å². The number of amides is 1. The average Bonchev–Trinajstić information content (AvgIpc) is 3.63. The second kappa shape index (κ2) is 16.8. The summed E-state index contributed by atoms with van der Waals surface area (Å²) in [7, 11) is -0.224. The van der Waals surface area contributed by atoms with Crippen molar-refractivity contribution in [2.24, 2.45) is 0 Å². The molecule has 2 N–H and O–H groups in total. The molecule has 2 aliphatic rings. The molecule has 0 bridgehead atoms. The van der Waals surface area contributed by atoms with Gasteiger partial charge in [-0.25, -0.2) is 36.5 Å². The number of anilines is 4. The van der Waals surface area contributed by atoms with E-state index in [4.69, 9.17) is 19.4 Å². The normalized spacial score (nSPS) is 15.6. The molecular weight excluding hydrogens is 800 g/mol. The molecule has 18 heteroatoms. The molecule has 2 fully saturated rings. The Labute approximate surface area is 344 Å². The van der Waals surface area contributed by atoms with Crippen LogP contribution in [0.2, 0.25) is 0 Å². The van der Waals surface area contributed by atoms with Crippen molar-refractivity contribution in [3.63, 3.8) is 0 Å². The number of para-hydroxylation sites is 1. The van der Waals surface area contributed by atoms with Crippen molar-refractivity contribution >= 4 is 44.6 Å². The van der Waals surface area contributed by atoms with E-state index >= 15 is 0 Å². The summed E-state index contributed by atoms with van der Waals surface area (Å²) in [5, 5.41) is 5.57. The van der Waals surface area contributed by atoms with E-state index in [0.717, 1.165) is 56.8 Å². The van der Waals surface area contributed by atoms with Gasteiger partial charge in [-0.2, -0.15) is 4.31 Å². The van der Waals surface area contributed by atoms with Crippen LogP contribution in [0, 0.1) is 17.5 Å². The van der Waals surface area contributed by atoms with Gasteiger partial charge in [-0.3, -0.25) is 14.1 Å². The lowest BCUT2D eigenvalue weighted by Gasteiger charge is -2.42. The van der Waals surface area contributed by atoms with Gasteiger partial charge < -0.3 is 25.0 Å². The van der Waals surface area contributed by atoms with E-state index in [1.807, 2.05) is 18.2 Å². The highest BCUT2D eigenvalue weighted by Gasteiger charge is 2.30. The number of nitrogens with one attached hydrogen (secondary N) is 2. The molecule has 14 nitrogen and oxygen atoms in total. The third kappa shape index (κ3) is 8.30. The van der Waals surface area contributed by atoms with Gasteiger partial charge in [-0.05, 0) is 67.4 Å². The van der Waals surface area contributed by atoms with Crippen molar-refractivity contribution in [3.05, 3.63) is 108 Å². The minimum Gasteiger partial charge on any atom is -0.496 e. The first-order chi connectivity index (χ1) is 28.9. The Bertz CT molecular complexity index is 2660. The van der Waals surface area contributed by atoms with E-state index in [0.29, 0.717) is 53.2 Å². The number of carbonyl (C=O) groups is 1. The molecule has 6 aromatic rings. The number of methoxy groups -OCH3 is 2. The van der Waals surface area contributed by atoms with Crippen LogP contribution in [0.5, 0.6) is 11.5 Å². The Morgan fingerprint density at radius 1 is 0.833 bits per heavy atom. The van der Waals surface area contributed by atoms with Gasteiger partial charge in [0.05, 0.1) is 48.8 Å². The van der Waals surface area contributed by atoms with Crippen LogP contribution in [0.3, 0.4) is 0 Å². The number of halogens is 3. The Balaban J connectivity index is 1.04. The average molecular weight is 842 g/mol. The van der Waals surface area contributed by atoms with Crippen LogP contribution in [0.25, 0.3) is 28.3 Å². The predicted octanol–water partition coefficient (Wildman–Crippen LogP) is 6.43. The number of fused-ring (bicyclic) bond motifs is 1. The van der Waals surface area contributed by atoms with Crippen molar-refractivity contribution in [1.29, 1.82) is 0 Å². The van der Waals surface area contributed by atoms with Crippen LogP contribution < -0.4 is 25.0 Å². The number of benzene rings is 3. The van der Waals surface area contributed by atoms with Crippen molar-refractivity contribution in [2.75, 3.05) is 75.3 Å². The summed E-state index contributed by atoms with van der Waals surface area (Å²) >= 11 is 0. The van der Waals surface area contributed by atoms with Gasteiger partial charge in [0, 0.05) is 81.1 Å². The summed E-state index contributed by atoms with van der Waals surface area (Å²) in [4.78, 5) is 32.2. The summed E-state index contributed by atoms with van der Waals surface area (Å²) in [6.45, 7) is 4.18. The number of piperidine rings is 1. The lowest BCUT2D eigenvalue weighted by Crippen LogP contribution is -2.54. The fourth-order valence-electron chi connectivity index (χ4n) is 7.84. The number of imidazole rings is 1. The number of piperazine rings is 1. The molecule has 0 saturated carbocycles. The smallest absolute Gasteiger partial charge is 0.259 e. The van der Waals surface area contributed by atoms with E-state index in [2.05, 4.69) is 25.4 Å². The van der Waals surface area contributed by atoms with Crippen LogP contribution >= 0.6 is 0 Å². The molecule has 1 amide bonds. The molecule has 3 aromatic heterocycles. The maximum atomic E-state index is 14.5. The van der Waals surface area contributed by atoms with E-state index in [1.165, 1.54) is 49.9 Å². The lowest BCUT2D eigenvalue weighted by atomic mass is 10.0. The maximum Gasteiger partial charge on any atom is 0.259 e. The van der Waals surface area contributed by atoms with Gasteiger partial charge in [0.25, 0.3) is 5.91 Å². The van der Waals surface area contributed by atoms with Crippen molar-refractivity contribution in [2.45, 2.75) is 18.9 Å². The maximum absolute atomic E-state index is 14.5. The summed E-state index contributed by atoms with van der Waals surface area (Å²) in [6, 6.07) is 18.4. The second-order valence-electron chi connectivity index (χ2n) is 14.5. The zero-order valence-corrected chi connectivity index (χ0v) is 33.8. The largest absolute Gasteiger partial charge is 0.496 e. The van der Waals surface area contributed by atoms with E-state index in [1.54, 1.807) is 34.1 Å². The number of sulfonamides is 1. The van der Waals surface area contributed by atoms with Crippen molar-refractivity contribution in [1.82, 2.24) is 28.6 Å². The highest BCUT2D eigenvalue weighted by Crippen LogP contribution is 2.37. The van der Waals surface area contributed by atoms with Gasteiger partial charge in [0.1, 0.15) is 40.3 Å². The number of hydrogen-bond donors (Lipinski definition) is 2. The number of carbonyl (C=O) groups excluding carboxylic acids is 1. The zero-order chi connectivity index (χ0) is 42.1. The zero-order valence-electron chi connectivity index (χ0n) is 33.0. The summed E-state index contributed by atoms with van der Waals surface area (Å²) in [5.41, 5.74) is 2.87. The molecule has 0 spiro atoms. The molecule has 2 saturated heterocycles. The summed E-state index contributed by atoms with van der Waals surface area (Å²) in [6.07, 6.45) is 6.27. The Morgan fingerprint density at radius 3 is 2.27 bits per heavy atom. The number of nitrogens with zero attached hydrogens (tertiary/aromatic N) is 7. The Hall–Kier alpha value is -6.24. The quantitative estimate of drug-likeness (QED) is 0.149. The Morgan fingerprint density at radius 2 is 1.57 bits per heavy atom. The summed E-state index contributed by atoms with van der Waals surface area (Å²) in [5.74, 6) is -2.27. The third-order valence-electron chi connectivity index (χ3n) is 10.9. The molecule has 2 aliphatic heterocycles. The van der Waals surface area contributed by atoms with Crippen LogP contribution in [-0.2, 0) is 10.0 Å². The van der Waals surface area contributed by atoms with E-state index in [-0.39, 0.29) is 22.9 Å². The first-order valence-electron chi connectivity index (χ1n) is 19.2. The molecular formula is C42H42F3N9O5S. The number of pyridine rings is 1. The van der Waals surface area contributed by atoms with Gasteiger partial charge in [0.15, 0.2) is 0 Å². The third-order valence-corrected chi connectivity index (χ3v) is 12.2. The first kappa shape index (κ1) is 40.5. The topological polar surface area (TPSA) is 147 Å². The Kier molecular flexibility index (Phi) is 11.3. The predicted molar refractivity (Wildman–Crippen MR) is 222 cm³/mol. The second-order valence-corrected chi connectivity index (χ2v) is 16.5. The van der Waals surface area contributed by atoms with Crippen LogP contribution in [0.4, 0.5) is 36.2 Å². The molecule has 0 radical (unpaired) electrons. The van der Waals surface area contributed by atoms with Gasteiger partial charge in [-0.15, -0.1) is 0 Å². The molecule has 312 valence electrons. The minimum atomic E-state index is -3.18. The lowest BCUT2D eigenvalue weighted by molar-refractivity contribution is 0.102. The SMILES string of the molecule is COc1cc(N2CCC(N3CCN(S(C)(=O)=O)CC3)CC2)ccc1Nc1nccc(-c2c(-c3ccc(OC)c(C(=O)Nc4c(F)cccc4F)c3)nc3cc(F)ccn23)n1. The van der Waals surface area contributed by atoms with E-state index < -0.39 is 39.1 Å². The number of aromatic nitrogens is 4.